The van der Waals surface area contributed by atoms with Gasteiger partial charge in [-0.25, -0.2) is 0 Å². The van der Waals surface area contributed by atoms with Crippen molar-refractivity contribution in [2.75, 3.05) is 19.6 Å². The zero-order valence-corrected chi connectivity index (χ0v) is 10.9. The number of fused-ring (bicyclic) bond motifs is 1. The monoisotopic (exact) mass is 224 g/mol. The van der Waals surface area contributed by atoms with Crippen LogP contribution >= 0.6 is 0 Å². The van der Waals surface area contributed by atoms with Gasteiger partial charge in [-0.2, -0.15) is 0 Å². The third kappa shape index (κ3) is 1.86. The molecule has 0 spiro atoms. The zero-order valence-electron chi connectivity index (χ0n) is 10.9. The fraction of sp³-hybridized carbons (Fsp3) is 0.923. The zero-order chi connectivity index (χ0) is 11.9. The second-order valence-electron chi connectivity index (χ2n) is 6.28. The number of likely N-dealkylation sites (tertiary alicyclic amines) is 1. The van der Waals surface area contributed by atoms with Crippen LogP contribution in [0.3, 0.4) is 0 Å². The van der Waals surface area contributed by atoms with Crippen LogP contribution in [0.5, 0.6) is 0 Å². The molecule has 0 aromatic rings. The first-order chi connectivity index (χ1) is 7.43. The smallest absolute Gasteiger partial charge is 0.223 e. The molecule has 2 heterocycles. The summed E-state index contributed by atoms with van der Waals surface area (Å²) in [7, 11) is 0. The Bertz CT molecular complexity index is 286. The summed E-state index contributed by atoms with van der Waals surface area (Å²) >= 11 is 0. The Hall–Kier alpha value is -0.570. The van der Waals surface area contributed by atoms with Crippen LogP contribution in [0, 0.1) is 17.8 Å². The third-order valence-electron chi connectivity index (χ3n) is 4.24. The lowest BCUT2D eigenvalue weighted by Gasteiger charge is -2.36. The largest absolute Gasteiger partial charge is 0.337 e. The second kappa shape index (κ2) is 4.02. The summed E-state index contributed by atoms with van der Waals surface area (Å²) in [4.78, 5) is 14.3. The van der Waals surface area contributed by atoms with E-state index < -0.39 is 0 Å². The third-order valence-corrected chi connectivity index (χ3v) is 4.24. The summed E-state index contributed by atoms with van der Waals surface area (Å²) < 4.78 is 0. The Morgan fingerprint density at radius 2 is 2.12 bits per heavy atom. The van der Waals surface area contributed by atoms with E-state index in [4.69, 9.17) is 0 Å². The van der Waals surface area contributed by atoms with Crippen molar-refractivity contribution in [3.8, 4) is 0 Å². The lowest BCUT2D eigenvalue weighted by atomic mass is 9.84. The van der Waals surface area contributed by atoms with Gasteiger partial charge in [-0.05, 0) is 31.6 Å². The molecule has 0 aromatic carbocycles. The maximum Gasteiger partial charge on any atom is 0.223 e. The van der Waals surface area contributed by atoms with E-state index in [1.54, 1.807) is 0 Å². The van der Waals surface area contributed by atoms with Gasteiger partial charge in [0.05, 0.1) is 0 Å². The normalized spacial score (nSPS) is 32.2. The van der Waals surface area contributed by atoms with Crippen molar-refractivity contribution >= 4 is 5.91 Å². The summed E-state index contributed by atoms with van der Waals surface area (Å²) in [5.41, 5.74) is 0.0418. The Kier molecular flexibility index (Phi) is 2.99. The Balaban J connectivity index is 2.09. The van der Waals surface area contributed by atoms with Gasteiger partial charge in [0.15, 0.2) is 0 Å². The highest BCUT2D eigenvalue weighted by molar-refractivity contribution is 5.77. The predicted octanol–water partition coefficient (Wildman–Crippen LogP) is 1.49. The summed E-state index contributed by atoms with van der Waals surface area (Å²) in [6.45, 7) is 11.8. The Labute approximate surface area is 98.6 Å². The minimum absolute atomic E-state index is 0.0418. The minimum Gasteiger partial charge on any atom is -0.337 e. The number of rotatable bonds is 2. The number of carbonyl (C=O) groups excluding carboxylic acids is 1. The van der Waals surface area contributed by atoms with Crippen LogP contribution in [0.4, 0.5) is 0 Å². The molecule has 2 fully saturated rings. The Morgan fingerprint density at radius 3 is 2.69 bits per heavy atom. The van der Waals surface area contributed by atoms with Gasteiger partial charge >= 0.3 is 0 Å². The van der Waals surface area contributed by atoms with Crippen LogP contribution in [-0.2, 0) is 4.79 Å². The molecule has 2 aliphatic heterocycles. The van der Waals surface area contributed by atoms with Gasteiger partial charge in [0.25, 0.3) is 0 Å². The van der Waals surface area contributed by atoms with Crippen molar-refractivity contribution < 1.29 is 4.79 Å². The molecule has 0 aromatic heterocycles. The maximum atomic E-state index is 12.2. The van der Waals surface area contributed by atoms with E-state index in [1.165, 1.54) is 0 Å². The standard InChI is InChI=1S/C13H24N2O/c1-9(2)5-12(16)15-8-10-6-14-7-11(10)13(15,3)4/h9-11,14H,5-8H2,1-4H3. The van der Waals surface area contributed by atoms with E-state index in [0.29, 0.717) is 30.1 Å². The average Bonchev–Trinajstić information content (AvgIpc) is 2.67. The van der Waals surface area contributed by atoms with Gasteiger partial charge in [-0.15, -0.1) is 0 Å². The van der Waals surface area contributed by atoms with Crippen LogP contribution in [-0.4, -0.2) is 36.0 Å². The molecule has 2 saturated heterocycles. The van der Waals surface area contributed by atoms with Crippen LogP contribution in [0.15, 0.2) is 0 Å². The number of nitrogens with one attached hydrogen (secondary N) is 1. The molecule has 2 rings (SSSR count). The van der Waals surface area contributed by atoms with E-state index in [1.807, 2.05) is 0 Å². The van der Waals surface area contributed by atoms with Crippen molar-refractivity contribution in [3.63, 3.8) is 0 Å². The fourth-order valence-electron chi connectivity index (χ4n) is 3.30. The van der Waals surface area contributed by atoms with Gasteiger partial charge < -0.3 is 10.2 Å². The second-order valence-corrected chi connectivity index (χ2v) is 6.28. The van der Waals surface area contributed by atoms with Crippen molar-refractivity contribution in [2.24, 2.45) is 17.8 Å². The molecule has 16 heavy (non-hydrogen) atoms. The predicted molar refractivity (Wildman–Crippen MR) is 65.1 cm³/mol. The number of hydrogen-bond acceptors (Lipinski definition) is 2. The van der Waals surface area contributed by atoms with E-state index >= 15 is 0 Å². The summed E-state index contributed by atoms with van der Waals surface area (Å²) in [6, 6.07) is 0. The fourth-order valence-corrected chi connectivity index (χ4v) is 3.30. The van der Waals surface area contributed by atoms with Crippen LogP contribution in [0.25, 0.3) is 0 Å². The lowest BCUT2D eigenvalue weighted by molar-refractivity contribution is -0.135. The van der Waals surface area contributed by atoms with Gasteiger partial charge in [-0.1, -0.05) is 13.8 Å². The molecular weight excluding hydrogens is 200 g/mol. The highest BCUT2D eigenvalue weighted by atomic mass is 16.2. The molecule has 1 amide bonds. The van der Waals surface area contributed by atoms with E-state index in [0.717, 1.165) is 19.6 Å². The van der Waals surface area contributed by atoms with Gasteiger partial charge in [0.1, 0.15) is 0 Å². The molecule has 1 N–H and O–H groups in total. The molecule has 3 heteroatoms. The van der Waals surface area contributed by atoms with Crippen LogP contribution < -0.4 is 5.32 Å². The van der Waals surface area contributed by atoms with Gasteiger partial charge in [-0.3, -0.25) is 4.79 Å². The molecule has 0 saturated carbocycles. The molecule has 0 radical (unpaired) electrons. The van der Waals surface area contributed by atoms with Crippen molar-refractivity contribution in [1.82, 2.24) is 10.2 Å². The minimum atomic E-state index is 0.0418. The van der Waals surface area contributed by atoms with Crippen molar-refractivity contribution in [2.45, 2.75) is 39.7 Å². The molecule has 2 unspecified atom stereocenters. The summed E-state index contributed by atoms with van der Waals surface area (Å²) in [6.07, 6.45) is 0.691. The van der Waals surface area contributed by atoms with Crippen LogP contribution in [0.1, 0.15) is 34.1 Å². The lowest BCUT2D eigenvalue weighted by Crippen LogP contribution is -2.47. The highest BCUT2D eigenvalue weighted by Crippen LogP contribution is 2.40. The molecule has 2 atom stereocenters. The molecule has 2 aliphatic rings. The summed E-state index contributed by atoms with van der Waals surface area (Å²) in [5.74, 6) is 2.12. The maximum absolute atomic E-state index is 12.2. The van der Waals surface area contributed by atoms with Crippen molar-refractivity contribution in [3.05, 3.63) is 0 Å². The van der Waals surface area contributed by atoms with Crippen molar-refractivity contribution in [1.29, 1.82) is 0 Å². The number of carbonyl (C=O) groups is 1. The molecule has 0 bridgehead atoms. The summed E-state index contributed by atoms with van der Waals surface area (Å²) in [5, 5.41) is 3.44. The topological polar surface area (TPSA) is 32.3 Å². The first kappa shape index (κ1) is 11.9. The van der Waals surface area contributed by atoms with E-state index in [2.05, 4.69) is 37.9 Å². The molecule has 92 valence electrons. The van der Waals surface area contributed by atoms with E-state index in [9.17, 15) is 4.79 Å². The number of nitrogens with zero attached hydrogens (tertiary/aromatic N) is 1. The highest BCUT2D eigenvalue weighted by Gasteiger charge is 2.50. The quantitative estimate of drug-likeness (QED) is 0.770. The first-order valence-electron chi connectivity index (χ1n) is 6.44. The van der Waals surface area contributed by atoms with Gasteiger partial charge in [0.2, 0.25) is 5.91 Å². The Morgan fingerprint density at radius 1 is 1.44 bits per heavy atom. The SMILES string of the molecule is CC(C)CC(=O)N1CC2CNCC2C1(C)C. The average molecular weight is 224 g/mol. The number of hydrogen-bond donors (Lipinski definition) is 1. The first-order valence-corrected chi connectivity index (χ1v) is 6.44. The van der Waals surface area contributed by atoms with Crippen LogP contribution in [0.2, 0.25) is 0 Å². The number of amides is 1. The van der Waals surface area contributed by atoms with Gasteiger partial charge in [0, 0.05) is 31.6 Å². The van der Waals surface area contributed by atoms with E-state index in [-0.39, 0.29) is 5.54 Å². The molecular formula is C13H24N2O. The molecule has 0 aliphatic carbocycles. The molecule has 3 nitrogen and oxygen atoms in total.